The molecular weight excluding hydrogens is 290 g/mol. The van der Waals surface area contributed by atoms with E-state index < -0.39 is 0 Å². The summed E-state index contributed by atoms with van der Waals surface area (Å²) >= 11 is 7.60. The third-order valence-electron chi connectivity index (χ3n) is 3.10. The Morgan fingerprint density at radius 3 is 2.85 bits per heavy atom. The van der Waals surface area contributed by atoms with Crippen molar-refractivity contribution < 1.29 is 4.74 Å². The molecule has 0 saturated carbocycles. The molecule has 0 amide bonds. The van der Waals surface area contributed by atoms with E-state index in [2.05, 4.69) is 16.4 Å². The molecule has 20 heavy (non-hydrogen) atoms. The smallest absolute Gasteiger partial charge is 0.146 e. The Hall–Kier alpha value is -1.58. The van der Waals surface area contributed by atoms with Gasteiger partial charge in [-0.3, -0.25) is 4.98 Å². The first-order valence-corrected chi connectivity index (χ1v) is 7.89. The number of hydrogen-bond donors (Lipinski definition) is 0. The van der Waals surface area contributed by atoms with Gasteiger partial charge in [0.05, 0.1) is 0 Å². The first-order chi connectivity index (χ1) is 9.88. The number of benzene rings is 1. The summed E-state index contributed by atoms with van der Waals surface area (Å²) in [4.78, 5) is 5.61. The monoisotopic (exact) mass is 303 g/mol. The third-order valence-corrected chi connectivity index (χ3v) is 4.28. The maximum absolute atomic E-state index is 6.18. The lowest BCUT2D eigenvalue weighted by atomic mass is 10.2. The van der Waals surface area contributed by atoms with Gasteiger partial charge in [0, 0.05) is 28.8 Å². The van der Waals surface area contributed by atoms with Crippen molar-refractivity contribution in [1.82, 2.24) is 4.98 Å². The Labute approximate surface area is 127 Å². The summed E-state index contributed by atoms with van der Waals surface area (Å²) in [7, 11) is 0. The van der Waals surface area contributed by atoms with E-state index in [1.165, 1.54) is 4.88 Å². The minimum absolute atomic E-state index is 0.0138. The molecule has 1 aromatic carbocycles. The summed E-state index contributed by atoms with van der Waals surface area (Å²) in [6, 6.07) is 14.1. The van der Waals surface area contributed by atoms with Crippen LogP contribution in [0.4, 0.5) is 0 Å². The Morgan fingerprint density at radius 2 is 2.05 bits per heavy atom. The van der Waals surface area contributed by atoms with Crippen LogP contribution in [0.2, 0.25) is 0 Å². The van der Waals surface area contributed by atoms with Crippen molar-refractivity contribution in [2.24, 2.45) is 0 Å². The highest BCUT2D eigenvalue weighted by molar-refractivity contribution is 7.10. The molecule has 3 rings (SSSR count). The summed E-state index contributed by atoms with van der Waals surface area (Å²) in [5, 5.41) is 3.14. The maximum atomic E-state index is 6.18. The Kier molecular flexibility index (Phi) is 4.19. The highest BCUT2D eigenvalue weighted by Crippen LogP contribution is 2.31. The average molecular weight is 304 g/mol. The predicted octanol–water partition coefficient (Wildman–Crippen LogP) is 5.05. The Morgan fingerprint density at radius 1 is 1.15 bits per heavy atom. The molecule has 1 atom stereocenters. The molecule has 1 unspecified atom stereocenters. The average Bonchev–Trinajstić information content (AvgIpc) is 3.01. The molecule has 0 saturated heterocycles. The molecule has 0 aliphatic rings. The zero-order valence-electron chi connectivity index (χ0n) is 10.8. The summed E-state index contributed by atoms with van der Waals surface area (Å²) in [5.74, 6) is 1.38. The van der Waals surface area contributed by atoms with Gasteiger partial charge in [-0.25, -0.2) is 0 Å². The molecule has 102 valence electrons. The molecular formula is C16H14ClNOS. The van der Waals surface area contributed by atoms with Gasteiger partial charge >= 0.3 is 0 Å². The van der Waals surface area contributed by atoms with Crippen LogP contribution in [-0.2, 0) is 0 Å². The van der Waals surface area contributed by atoms with E-state index in [4.69, 9.17) is 16.3 Å². The number of para-hydroxylation sites is 1. The second kappa shape index (κ2) is 6.25. The molecule has 4 heteroatoms. The lowest BCUT2D eigenvalue weighted by Crippen LogP contribution is -2.07. The van der Waals surface area contributed by atoms with E-state index in [1.807, 2.05) is 36.4 Å². The van der Waals surface area contributed by atoms with E-state index >= 15 is 0 Å². The van der Waals surface area contributed by atoms with Gasteiger partial charge in [0.1, 0.15) is 17.4 Å². The number of pyridine rings is 1. The number of fused-ring (bicyclic) bond motifs is 1. The van der Waals surface area contributed by atoms with Crippen molar-refractivity contribution in [1.29, 1.82) is 0 Å². The van der Waals surface area contributed by atoms with E-state index in [9.17, 15) is 0 Å². The van der Waals surface area contributed by atoms with E-state index in [0.29, 0.717) is 5.88 Å². The van der Waals surface area contributed by atoms with Crippen molar-refractivity contribution in [3.63, 3.8) is 0 Å². The number of ether oxygens (including phenoxy) is 1. The fraction of sp³-hybridized carbons (Fsp3) is 0.188. The van der Waals surface area contributed by atoms with Gasteiger partial charge in [-0.15, -0.1) is 22.9 Å². The summed E-state index contributed by atoms with van der Waals surface area (Å²) in [6.45, 7) is 0. The van der Waals surface area contributed by atoms with Gasteiger partial charge in [0.25, 0.3) is 0 Å². The first kappa shape index (κ1) is 13.4. The molecule has 0 radical (unpaired) electrons. The second-order valence-electron chi connectivity index (χ2n) is 4.43. The Balaban J connectivity index is 1.94. The van der Waals surface area contributed by atoms with Crippen molar-refractivity contribution in [3.8, 4) is 5.75 Å². The van der Waals surface area contributed by atoms with Gasteiger partial charge in [0.2, 0.25) is 0 Å². The number of nitrogens with zero attached hydrogens (tertiary/aromatic N) is 1. The van der Waals surface area contributed by atoms with Crippen molar-refractivity contribution in [3.05, 3.63) is 58.9 Å². The summed E-state index contributed by atoms with van der Waals surface area (Å²) < 4.78 is 6.18. The number of hydrogen-bond acceptors (Lipinski definition) is 3. The first-order valence-electron chi connectivity index (χ1n) is 6.48. The third kappa shape index (κ3) is 2.79. The molecule has 3 aromatic rings. The summed E-state index contributed by atoms with van der Waals surface area (Å²) in [6.07, 6.45) is 2.56. The molecule has 2 nitrogen and oxygen atoms in total. The van der Waals surface area contributed by atoms with Gasteiger partial charge in [-0.05, 0) is 23.6 Å². The van der Waals surface area contributed by atoms with Crippen LogP contribution in [0, 0.1) is 0 Å². The van der Waals surface area contributed by atoms with Crippen LogP contribution in [0.3, 0.4) is 0 Å². The van der Waals surface area contributed by atoms with Gasteiger partial charge in [-0.2, -0.15) is 0 Å². The minimum atomic E-state index is -0.0138. The maximum Gasteiger partial charge on any atom is 0.146 e. The SMILES string of the molecule is ClCCC(Oc1cccc2cccnc12)c1cccs1. The zero-order valence-corrected chi connectivity index (χ0v) is 12.4. The number of halogens is 1. The van der Waals surface area contributed by atoms with E-state index in [-0.39, 0.29) is 6.10 Å². The number of aromatic nitrogens is 1. The van der Waals surface area contributed by atoms with E-state index in [1.54, 1.807) is 17.5 Å². The lowest BCUT2D eigenvalue weighted by molar-refractivity contribution is 0.208. The topological polar surface area (TPSA) is 22.1 Å². The van der Waals surface area contributed by atoms with E-state index in [0.717, 1.165) is 23.1 Å². The summed E-state index contributed by atoms with van der Waals surface area (Å²) in [5.41, 5.74) is 0.895. The van der Waals surface area contributed by atoms with Crippen LogP contribution in [0.15, 0.2) is 54.0 Å². The molecule has 2 heterocycles. The predicted molar refractivity (Wildman–Crippen MR) is 84.8 cm³/mol. The van der Waals surface area contributed by atoms with Gasteiger partial charge in [0.15, 0.2) is 0 Å². The molecule has 0 aliphatic heterocycles. The highest BCUT2D eigenvalue weighted by Gasteiger charge is 2.15. The molecule has 0 N–H and O–H groups in total. The molecule has 2 aromatic heterocycles. The standard InChI is InChI=1S/C16H14ClNOS/c17-9-8-13(15-7-3-11-20-15)19-14-6-1-4-12-5-2-10-18-16(12)14/h1-7,10-11,13H,8-9H2. The van der Waals surface area contributed by atoms with Crippen LogP contribution in [0.25, 0.3) is 10.9 Å². The Bertz CT molecular complexity index is 679. The molecule has 0 bridgehead atoms. The quantitative estimate of drug-likeness (QED) is 0.616. The largest absolute Gasteiger partial charge is 0.483 e. The van der Waals surface area contributed by atoms with Crippen molar-refractivity contribution in [2.75, 3.05) is 5.88 Å². The molecule has 0 aliphatic carbocycles. The van der Waals surface area contributed by atoms with Crippen molar-refractivity contribution >= 4 is 33.8 Å². The van der Waals surface area contributed by atoms with Crippen LogP contribution in [-0.4, -0.2) is 10.9 Å². The normalized spacial score (nSPS) is 12.4. The van der Waals surface area contributed by atoms with Crippen LogP contribution >= 0.6 is 22.9 Å². The fourth-order valence-corrected chi connectivity index (χ4v) is 3.14. The molecule has 0 fully saturated rings. The minimum Gasteiger partial charge on any atom is -0.483 e. The van der Waals surface area contributed by atoms with Crippen molar-refractivity contribution in [2.45, 2.75) is 12.5 Å². The van der Waals surface area contributed by atoms with Crippen LogP contribution in [0.1, 0.15) is 17.4 Å². The van der Waals surface area contributed by atoms with Gasteiger partial charge in [-0.1, -0.05) is 24.3 Å². The second-order valence-corrected chi connectivity index (χ2v) is 5.79. The number of rotatable bonds is 5. The fourth-order valence-electron chi connectivity index (χ4n) is 2.16. The highest BCUT2D eigenvalue weighted by atomic mass is 35.5. The lowest BCUT2D eigenvalue weighted by Gasteiger charge is -2.17. The number of thiophene rings is 1. The number of alkyl halides is 1. The molecule has 0 spiro atoms. The van der Waals surface area contributed by atoms with Crippen LogP contribution in [0.5, 0.6) is 5.75 Å². The van der Waals surface area contributed by atoms with Gasteiger partial charge < -0.3 is 4.74 Å². The zero-order chi connectivity index (χ0) is 13.8. The van der Waals surface area contributed by atoms with Crippen LogP contribution < -0.4 is 4.74 Å².